The van der Waals surface area contributed by atoms with Gasteiger partial charge in [0.2, 0.25) is 0 Å². The first-order valence-electron chi connectivity index (χ1n) is 7.99. The Labute approximate surface area is 154 Å². The number of carbonyl (C=O) groups excluding carboxylic acids is 1. The summed E-state index contributed by atoms with van der Waals surface area (Å²) in [6, 6.07) is 11.9. The molecule has 2 aromatic rings. The van der Waals surface area contributed by atoms with Crippen LogP contribution in [-0.4, -0.2) is 47.4 Å². The van der Waals surface area contributed by atoms with Crippen LogP contribution in [0.25, 0.3) is 0 Å². The zero-order valence-electron chi connectivity index (χ0n) is 13.8. The second-order valence-corrected chi connectivity index (χ2v) is 6.31. The van der Waals surface area contributed by atoms with Crippen LogP contribution in [0.3, 0.4) is 0 Å². The Hall–Kier alpha value is -2.84. The first-order chi connectivity index (χ1) is 12.5. The first kappa shape index (κ1) is 18.0. The topological polar surface area (TPSA) is 96.1 Å². The van der Waals surface area contributed by atoms with Crippen molar-refractivity contribution in [1.29, 1.82) is 0 Å². The summed E-state index contributed by atoms with van der Waals surface area (Å²) in [5.41, 5.74) is 3.06. The van der Waals surface area contributed by atoms with Gasteiger partial charge >= 0.3 is 5.69 Å². The molecule has 136 valence electrons. The molecular formula is C17H18ClN4O4+. The van der Waals surface area contributed by atoms with E-state index in [1.807, 2.05) is 29.2 Å². The van der Waals surface area contributed by atoms with Crippen molar-refractivity contribution in [3.05, 3.63) is 58.0 Å². The fourth-order valence-electron chi connectivity index (χ4n) is 3.03. The molecule has 3 rings (SSSR count). The van der Waals surface area contributed by atoms with Crippen LogP contribution in [0.5, 0.6) is 0 Å². The minimum absolute atomic E-state index is 0.0534. The van der Waals surface area contributed by atoms with Crippen molar-refractivity contribution < 1.29 is 20.1 Å². The third-order valence-corrected chi connectivity index (χ3v) is 4.57. The normalized spacial score (nSPS) is 14.2. The van der Waals surface area contributed by atoms with Gasteiger partial charge in [0, 0.05) is 48.5 Å². The van der Waals surface area contributed by atoms with Crippen LogP contribution in [0.4, 0.5) is 17.1 Å². The van der Waals surface area contributed by atoms with Crippen molar-refractivity contribution in [2.75, 3.05) is 36.0 Å². The number of carbonyl (C=O) groups is 1. The van der Waals surface area contributed by atoms with Gasteiger partial charge in [-0.1, -0.05) is 17.7 Å². The van der Waals surface area contributed by atoms with Crippen molar-refractivity contribution in [2.24, 2.45) is 0 Å². The molecule has 0 saturated carbocycles. The Morgan fingerprint density at radius 1 is 1.08 bits per heavy atom. The number of nitrogens with one attached hydrogen (secondary N) is 1. The number of anilines is 2. The summed E-state index contributed by atoms with van der Waals surface area (Å²) < 4.78 is 0. The molecule has 0 spiro atoms. The number of piperazine rings is 1. The molecule has 1 aliphatic rings. The number of hydroxylamine groups is 1. The number of halogens is 1. The summed E-state index contributed by atoms with van der Waals surface area (Å²) in [5, 5.41) is 18.8. The van der Waals surface area contributed by atoms with E-state index < -0.39 is 5.91 Å². The summed E-state index contributed by atoms with van der Waals surface area (Å²) in [4.78, 5) is 26.9. The van der Waals surface area contributed by atoms with Gasteiger partial charge in [-0.2, -0.15) is 0 Å². The quantitative estimate of drug-likeness (QED) is 0.560. The number of rotatable bonds is 4. The zero-order valence-corrected chi connectivity index (χ0v) is 14.6. The van der Waals surface area contributed by atoms with Gasteiger partial charge in [0.15, 0.2) is 0 Å². The highest BCUT2D eigenvalue weighted by atomic mass is 35.5. The maximum absolute atomic E-state index is 11.5. The molecule has 0 aromatic heterocycles. The molecule has 0 radical (unpaired) electrons. The Morgan fingerprint density at radius 3 is 2.38 bits per heavy atom. The molecule has 3 N–H and O–H groups in total. The summed E-state index contributed by atoms with van der Waals surface area (Å²) in [6.45, 7) is 2.67. The average molecular weight is 378 g/mol. The van der Waals surface area contributed by atoms with E-state index in [0.717, 1.165) is 5.69 Å². The van der Waals surface area contributed by atoms with Crippen LogP contribution in [0.1, 0.15) is 10.4 Å². The van der Waals surface area contributed by atoms with Crippen molar-refractivity contribution in [3.63, 3.8) is 0 Å². The molecule has 26 heavy (non-hydrogen) atoms. The fourth-order valence-corrected chi connectivity index (χ4v) is 3.21. The number of nitrogens with zero attached hydrogens (tertiary/aromatic N) is 3. The Balaban J connectivity index is 1.78. The van der Waals surface area contributed by atoms with E-state index in [-0.39, 0.29) is 16.2 Å². The van der Waals surface area contributed by atoms with E-state index in [1.165, 1.54) is 17.6 Å². The minimum atomic E-state index is -0.759. The molecular weight excluding hydrogens is 360 g/mol. The van der Waals surface area contributed by atoms with E-state index in [0.29, 0.717) is 36.9 Å². The maximum Gasteiger partial charge on any atom is 0.340 e. The Morgan fingerprint density at radius 2 is 1.77 bits per heavy atom. The molecule has 1 fully saturated rings. The van der Waals surface area contributed by atoms with Crippen molar-refractivity contribution in [1.82, 2.24) is 5.48 Å². The summed E-state index contributed by atoms with van der Waals surface area (Å²) >= 11 is 6.04. The van der Waals surface area contributed by atoms with Gasteiger partial charge in [-0.15, -0.1) is 0 Å². The summed E-state index contributed by atoms with van der Waals surface area (Å²) in [5.74, 6) is -0.759. The highest BCUT2D eigenvalue weighted by Gasteiger charge is 2.27. The van der Waals surface area contributed by atoms with E-state index in [4.69, 9.17) is 16.8 Å². The summed E-state index contributed by atoms with van der Waals surface area (Å²) in [6.07, 6.45) is 0. The van der Waals surface area contributed by atoms with Gasteiger partial charge in [-0.05, 0) is 30.3 Å². The second-order valence-electron chi connectivity index (χ2n) is 5.87. The van der Waals surface area contributed by atoms with Crippen LogP contribution in [0, 0.1) is 4.91 Å². The van der Waals surface area contributed by atoms with Crippen LogP contribution in [0.15, 0.2) is 42.5 Å². The van der Waals surface area contributed by atoms with Crippen LogP contribution in [0.2, 0.25) is 5.02 Å². The largest absolute Gasteiger partial charge is 0.368 e. The van der Waals surface area contributed by atoms with Gasteiger partial charge < -0.3 is 9.80 Å². The molecule has 0 bridgehead atoms. The van der Waals surface area contributed by atoms with E-state index >= 15 is 0 Å². The lowest BCUT2D eigenvalue weighted by atomic mass is 10.1. The smallest absolute Gasteiger partial charge is 0.340 e. The molecule has 1 amide bonds. The van der Waals surface area contributed by atoms with Crippen LogP contribution < -0.4 is 15.3 Å². The van der Waals surface area contributed by atoms with Gasteiger partial charge in [-0.25, -0.2) is 10.7 Å². The third-order valence-electron chi connectivity index (χ3n) is 4.34. The van der Waals surface area contributed by atoms with Crippen molar-refractivity contribution in [2.45, 2.75) is 0 Å². The van der Waals surface area contributed by atoms with E-state index in [2.05, 4.69) is 4.90 Å². The lowest BCUT2D eigenvalue weighted by Crippen LogP contribution is -2.46. The summed E-state index contributed by atoms with van der Waals surface area (Å²) in [7, 11) is 0. The molecule has 9 heteroatoms. The molecule has 8 nitrogen and oxygen atoms in total. The van der Waals surface area contributed by atoms with Crippen LogP contribution in [-0.2, 0) is 0 Å². The van der Waals surface area contributed by atoms with Crippen molar-refractivity contribution in [3.8, 4) is 0 Å². The molecule has 2 aromatic carbocycles. The van der Waals surface area contributed by atoms with Gasteiger partial charge in [0.1, 0.15) is 5.69 Å². The molecule has 0 aliphatic carbocycles. The second kappa shape index (κ2) is 7.59. The highest BCUT2D eigenvalue weighted by molar-refractivity contribution is 6.30. The first-order valence-corrected chi connectivity index (χ1v) is 8.37. The SMILES string of the molecule is O=C(NO)c1ccc(N2CCN(c3cccc(Cl)c3)CC2)c([N+](=O)O)c1. The minimum Gasteiger partial charge on any atom is -0.368 e. The number of hydrogen-bond acceptors (Lipinski definition) is 5. The number of benzene rings is 2. The number of hydrogen-bond donors (Lipinski definition) is 3. The molecule has 0 atom stereocenters. The molecule has 1 aliphatic heterocycles. The fraction of sp³-hybridized carbons (Fsp3) is 0.235. The maximum atomic E-state index is 11.5. The molecule has 1 saturated heterocycles. The van der Waals surface area contributed by atoms with E-state index in [1.54, 1.807) is 6.07 Å². The van der Waals surface area contributed by atoms with Gasteiger partial charge in [0.05, 0.1) is 4.91 Å². The lowest BCUT2D eigenvalue weighted by molar-refractivity contribution is -0.729. The van der Waals surface area contributed by atoms with E-state index in [9.17, 15) is 14.9 Å². The molecule has 0 unspecified atom stereocenters. The number of amides is 1. The molecule has 1 heterocycles. The highest BCUT2D eigenvalue weighted by Crippen LogP contribution is 2.30. The van der Waals surface area contributed by atoms with Crippen LogP contribution >= 0.6 is 11.6 Å². The third kappa shape index (κ3) is 3.71. The standard InChI is InChI=1S/C17H17ClN4O4/c18-13-2-1-3-14(11-13)20-6-8-21(9-7-20)15-5-4-12(17(23)19-24)10-16(15)22(25)26/h1-5,10-11H,6-9H2,(H2-,19,23,24,25,26)/p+1. The Bertz CT molecular complexity index is 837. The predicted molar refractivity (Wildman–Crippen MR) is 96.6 cm³/mol. The van der Waals surface area contributed by atoms with Gasteiger partial charge in [-0.3, -0.25) is 10.0 Å². The average Bonchev–Trinajstić information content (AvgIpc) is 2.67. The monoisotopic (exact) mass is 377 g/mol. The van der Waals surface area contributed by atoms with Gasteiger partial charge in [0.25, 0.3) is 10.8 Å². The predicted octanol–water partition coefficient (Wildman–Crippen LogP) is 2.59. The van der Waals surface area contributed by atoms with Crippen molar-refractivity contribution >= 4 is 34.6 Å². The Kier molecular flexibility index (Phi) is 5.24. The zero-order chi connectivity index (χ0) is 18.7. The lowest BCUT2D eigenvalue weighted by Gasteiger charge is -2.37.